The molecule has 0 spiro atoms. The average molecular weight is 429 g/mol. The summed E-state index contributed by atoms with van der Waals surface area (Å²) in [6, 6.07) is 44.8. The number of benzene rings is 6. The molecule has 0 aliphatic carbocycles. The van der Waals surface area contributed by atoms with Gasteiger partial charge in [0.15, 0.2) is 0 Å². The molecule has 2 aliphatic heterocycles. The van der Waals surface area contributed by atoms with Gasteiger partial charge in [0.25, 0.3) is 0 Å². The molecule has 2 heteroatoms. The Labute approximate surface area is 199 Å². The fraction of sp³-hybridized carbons (Fsp3) is 0. The highest BCUT2D eigenvalue weighted by atomic mass is 15.1. The summed E-state index contributed by atoms with van der Waals surface area (Å²) in [5, 5.41) is 5.16. The normalized spacial score (nSPS) is 13.2. The van der Waals surface area contributed by atoms with Crippen LogP contribution in [0.3, 0.4) is 0 Å². The second-order valence-electron chi connectivity index (χ2n) is 9.34. The first kappa shape index (κ1) is 18.2. The van der Waals surface area contributed by atoms with Gasteiger partial charge in [-0.1, -0.05) is 103 Å². The van der Waals surface area contributed by atoms with Crippen LogP contribution >= 0.6 is 0 Å². The van der Waals surface area contributed by atoms with E-state index in [4.69, 9.17) is 0 Å². The zero-order valence-electron chi connectivity index (χ0n) is 18.6. The molecule has 0 saturated heterocycles. The molecule has 0 radical (unpaired) electrons. The van der Waals surface area contributed by atoms with Gasteiger partial charge in [-0.05, 0) is 61.8 Å². The SMILES string of the molecule is c1ccc2c(c1)B1c3ccccc3-c3c(ccc4ccccc34)N1c1cc3ccccc3cc1-2. The van der Waals surface area contributed by atoms with E-state index in [1.807, 2.05) is 0 Å². The predicted molar refractivity (Wildman–Crippen MR) is 146 cm³/mol. The summed E-state index contributed by atoms with van der Waals surface area (Å²) in [7, 11) is 0. The zero-order valence-corrected chi connectivity index (χ0v) is 18.6. The molecular weight excluding hydrogens is 409 g/mol. The standard InChI is InChI=1S/C32H20BN/c1-2-11-23-20-31-27(19-22(23)10-1)25-13-5-7-15-28(25)33-29-16-8-6-14-26(29)32-24-12-4-3-9-21(24)17-18-30(32)34(31)33/h1-20H. The minimum absolute atomic E-state index is 0.148. The van der Waals surface area contributed by atoms with Crippen molar-refractivity contribution in [2.24, 2.45) is 0 Å². The highest BCUT2D eigenvalue weighted by Crippen LogP contribution is 2.48. The fourth-order valence-electron chi connectivity index (χ4n) is 6.18. The number of hydrogen-bond acceptors (Lipinski definition) is 1. The maximum atomic E-state index is 2.59. The molecule has 6 aromatic rings. The van der Waals surface area contributed by atoms with Gasteiger partial charge in [0.1, 0.15) is 0 Å². The number of nitrogens with zero attached hydrogens (tertiary/aromatic N) is 1. The largest absolute Gasteiger partial charge is 0.376 e. The van der Waals surface area contributed by atoms with Crippen LogP contribution in [-0.2, 0) is 0 Å². The summed E-state index contributed by atoms with van der Waals surface area (Å²) in [6.45, 7) is 0.148. The molecule has 2 heterocycles. The van der Waals surface area contributed by atoms with Gasteiger partial charge < -0.3 is 4.81 Å². The Balaban J connectivity index is 1.55. The Hall–Kier alpha value is -4.30. The molecule has 0 unspecified atom stereocenters. The summed E-state index contributed by atoms with van der Waals surface area (Å²) in [5.41, 5.74) is 10.6. The highest BCUT2D eigenvalue weighted by molar-refractivity contribution is 6.92. The van der Waals surface area contributed by atoms with Crippen LogP contribution in [0.2, 0.25) is 0 Å². The number of fused-ring (bicyclic) bond motifs is 14. The van der Waals surface area contributed by atoms with Crippen molar-refractivity contribution in [2.45, 2.75) is 0 Å². The second-order valence-corrected chi connectivity index (χ2v) is 9.34. The third-order valence-corrected chi connectivity index (χ3v) is 7.62. The summed E-state index contributed by atoms with van der Waals surface area (Å²) in [5.74, 6) is 0. The van der Waals surface area contributed by atoms with Crippen LogP contribution in [0.4, 0.5) is 11.4 Å². The van der Waals surface area contributed by atoms with E-state index in [0.29, 0.717) is 0 Å². The average Bonchev–Trinajstić information content (AvgIpc) is 2.91. The molecule has 156 valence electrons. The maximum absolute atomic E-state index is 2.59. The van der Waals surface area contributed by atoms with Gasteiger partial charge in [-0.2, -0.15) is 0 Å². The van der Waals surface area contributed by atoms with Crippen molar-refractivity contribution in [2.75, 3.05) is 4.81 Å². The van der Waals surface area contributed by atoms with Crippen LogP contribution in [-0.4, -0.2) is 6.85 Å². The summed E-state index contributed by atoms with van der Waals surface area (Å²) in [6.07, 6.45) is 0. The molecule has 0 saturated carbocycles. The topological polar surface area (TPSA) is 3.24 Å². The van der Waals surface area contributed by atoms with Crippen molar-refractivity contribution in [1.82, 2.24) is 0 Å². The van der Waals surface area contributed by atoms with Gasteiger partial charge >= 0.3 is 6.85 Å². The molecule has 6 aromatic carbocycles. The van der Waals surface area contributed by atoms with E-state index in [1.165, 1.54) is 66.1 Å². The molecule has 0 fully saturated rings. The zero-order chi connectivity index (χ0) is 22.2. The van der Waals surface area contributed by atoms with E-state index in [0.717, 1.165) is 0 Å². The lowest BCUT2D eigenvalue weighted by Crippen LogP contribution is -2.59. The van der Waals surface area contributed by atoms with Crippen molar-refractivity contribution >= 4 is 50.7 Å². The lowest BCUT2D eigenvalue weighted by molar-refractivity contribution is 1.36. The monoisotopic (exact) mass is 429 g/mol. The van der Waals surface area contributed by atoms with Gasteiger partial charge in [0, 0.05) is 22.5 Å². The molecule has 0 aromatic heterocycles. The summed E-state index contributed by atoms with van der Waals surface area (Å²) >= 11 is 0. The highest BCUT2D eigenvalue weighted by Gasteiger charge is 2.42. The van der Waals surface area contributed by atoms with Crippen LogP contribution in [0.5, 0.6) is 0 Å². The number of hydrogen-bond donors (Lipinski definition) is 0. The molecule has 1 nitrogen and oxygen atoms in total. The minimum Gasteiger partial charge on any atom is -0.376 e. The van der Waals surface area contributed by atoms with Crippen LogP contribution in [0.1, 0.15) is 0 Å². The van der Waals surface area contributed by atoms with E-state index < -0.39 is 0 Å². The van der Waals surface area contributed by atoms with Gasteiger partial charge in [0.05, 0.1) is 0 Å². The van der Waals surface area contributed by atoms with E-state index in [2.05, 4.69) is 126 Å². The van der Waals surface area contributed by atoms with E-state index >= 15 is 0 Å². The van der Waals surface area contributed by atoms with Crippen LogP contribution in [0.15, 0.2) is 121 Å². The second kappa shape index (κ2) is 6.62. The number of anilines is 2. The predicted octanol–water partition coefficient (Wildman–Crippen LogP) is 6.90. The summed E-state index contributed by atoms with van der Waals surface area (Å²) < 4.78 is 0. The minimum atomic E-state index is 0.148. The van der Waals surface area contributed by atoms with Crippen molar-refractivity contribution in [3.05, 3.63) is 121 Å². The van der Waals surface area contributed by atoms with Crippen molar-refractivity contribution in [1.29, 1.82) is 0 Å². The first-order valence-electron chi connectivity index (χ1n) is 11.9. The Morgan fingerprint density at radius 3 is 1.88 bits per heavy atom. The molecule has 0 atom stereocenters. The van der Waals surface area contributed by atoms with Gasteiger partial charge in [-0.3, -0.25) is 0 Å². The van der Waals surface area contributed by atoms with Gasteiger partial charge in [-0.25, -0.2) is 0 Å². The fourth-order valence-corrected chi connectivity index (χ4v) is 6.18. The molecule has 34 heavy (non-hydrogen) atoms. The molecular formula is C32H20BN. The third kappa shape index (κ3) is 2.30. The van der Waals surface area contributed by atoms with Gasteiger partial charge in [0.2, 0.25) is 0 Å². The molecule has 0 N–H and O–H groups in total. The third-order valence-electron chi connectivity index (χ3n) is 7.62. The molecule has 0 bridgehead atoms. The smallest absolute Gasteiger partial charge is 0.329 e. The Bertz CT molecular complexity index is 1780. The Kier molecular flexibility index (Phi) is 3.54. The first-order chi connectivity index (χ1) is 16.9. The first-order valence-corrected chi connectivity index (χ1v) is 11.9. The molecule has 8 rings (SSSR count). The lowest BCUT2D eigenvalue weighted by atomic mass is 9.43. The van der Waals surface area contributed by atoms with Crippen LogP contribution < -0.4 is 15.7 Å². The summed E-state index contributed by atoms with van der Waals surface area (Å²) in [4.78, 5) is 2.59. The lowest BCUT2D eigenvalue weighted by Gasteiger charge is -2.43. The van der Waals surface area contributed by atoms with Crippen molar-refractivity contribution in [3.8, 4) is 22.3 Å². The Morgan fingerprint density at radius 1 is 0.441 bits per heavy atom. The Morgan fingerprint density at radius 2 is 1.06 bits per heavy atom. The van der Waals surface area contributed by atoms with E-state index in [1.54, 1.807) is 0 Å². The van der Waals surface area contributed by atoms with Gasteiger partial charge in [-0.15, -0.1) is 0 Å². The van der Waals surface area contributed by atoms with Crippen LogP contribution in [0.25, 0.3) is 43.8 Å². The van der Waals surface area contributed by atoms with E-state index in [9.17, 15) is 0 Å². The number of rotatable bonds is 0. The molecule has 2 aliphatic rings. The molecule has 0 amide bonds. The van der Waals surface area contributed by atoms with Crippen LogP contribution in [0, 0.1) is 0 Å². The van der Waals surface area contributed by atoms with E-state index in [-0.39, 0.29) is 6.85 Å². The quantitative estimate of drug-likeness (QED) is 0.238. The van der Waals surface area contributed by atoms with Crippen molar-refractivity contribution in [3.63, 3.8) is 0 Å². The maximum Gasteiger partial charge on any atom is 0.329 e. The van der Waals surface area contributed by atoms with Crippen molar-refractivity contribution < 1.29 is 0 Å².